The first-order valence-corrected chi connectivity index (χ1v) is 6.69. The van der Waals surface area contributed by atoms with Gasteiger partial charge >= 0.3 is 0 Å². The Morgan fingerprint density at radius 2 is 1.46 bits per heavy atom. The van der Waals surface area contributed by atoms with E-state index in [1.807, 2.05) is 0 Å². The van der Waals surface area contributed by atoms with Gasteiger partial charge in [0.25, 0.3) is 0 Å². The highest BCUT2D eigenvalue weighted by Crippen LogP contribution is 2.29. The molecule has 0 bridgehead atoms. The van der Waals surface area contributed by atoms with E-state index in [4.69, 9.17) is 11.2 Å². The van der Waals surface area contributed by atoms with Gasteiger partial charge in [-0.15, -0.1) is 6.42 Å². The minimum atomic E-state index is -1.94. The normalized spacial score (nSPS) is 9.75. The number of rotatable bonds is 3. The molecule has 0 unspecified atom stereocenters. The number of benzene rings is 2. The van der Waals surface area contributed by atoms with E-state index in [9.17, 15) is 26.3 Å². The van der Waals surface area contributed by atoms with Crippen molar-refractivity contribution in [1.82, 2.24) is 0 Å². The fraction of sp³-hybridized carbons (Fsp3) is 0.176. The smallest absolute Gasteiger partial charge is 0.205 e. The summed E-state index contributed by atoms with van der Waals surface area (Å²) < 4.78 is 80.6. The van der Waals surface area contributed by atoms with Crippen LogP contribution in [0.25, 0.3) is 0 Å². The van der Waals surface area contributed by atoms with Crippen LogP contribution in [0.4, 0.5) is 26.3 Å². The number of ether oxygens (including phenoxy) is 1. The van der Waals surface area contributed by atoms with E-state index in [0.29, 0.717) is 6.42 Å². The topological polar surface area (TPSA) is 9.23 Å². The molecular formula is C17H12F6O. The molecular weight excluding hydrogens is 334 g/mol. The highest BCUT2D eigenvalue weighted by molar-refractivity contribution is 5.47. The Balaban J connectivity index is 0.000000300. The van der Waals surface area contributed by atoms with E-state index >= 15 is 0 Å². The largest absolute Gasteiger partial charge is 0.489 e. The summed E-state index contributed by atoms with van der Waals surface area (Å²) in [7, 11) is 0. The van der Waals surface area contributed by atoms with Gasteiger partial charge in [0, 0.05) is 6.07 Å². The molecule has 0 fully saturated rings. The summed E-state index contributed by atoms with van der Waals surface area (Å²) >= 11 is 0. The van der Waals surface area contributed by atoms with Gasteiger partial charge in [-0.2, -0.15) is 4.39 Å². The first kappa shape index (κ1) is 19.4. The molecule has 2 aromatic rings. The molecule has 0 heterocycles. The van der Waals surface area contributed by atoms with Gasteiger partial charge in [-0.1, -0.05) is 18.9 Å². The van der Waals surface area contributed by atoms with Crippen LogP contribution < -0.4 is 4.74 Å². The summed E-state index contributed by atoms with van der Waals surface area (Å²) in [4.78, 5) is 0. The van der Waals surface area contributed by atoms with Crippen molar-refractivity contribution in [3.8, 4) is 18.1 Å². The monoisotopic (exact) mass is 346 g/mol. The van der Waals surface area contributed by atoms with Gasteiger partial charge in [-0.3, -0.25) is 0 Å². The van der Waals surface area contributed by atoms with Crippen molar-refractivity contribution >= 4 is 0 Å². The molecule has 1 nitrogen and oxygen atoms in total. The summed E-state index contributed by atoms with van der Waals surface area (Å²) in [6.45, 7) is 1.74. The molecule has 24 heavy (non-hydrogen) atoms. The van der Waals surface area contributed by atoms with Gasteiger partial charge in [0.1, 0.15) is 17.2 Å². The van der Waals surface area contributed by atoms with E-state index in [1.165, 1.54) is 18.2 Å². The lowest BCUT2D eigenvalue weighted by Crippen LogP contribution is -2.07. The zero-order valence-corrected chi connectivity index (χ0v) is 12.5. The highest BCUT2D eigenvalue weighted by Gasteiger charge is 2.25. The van der Waals surface area contributed by atoms with Crippen molar-refractivity contribution in [2.45, 2.75) is 13.3 Å². The van der Waals surface area contributed by atoms with Crippen molar-refractivity contribution in [3.63, 3.8) is 0 Å². The second-order valence-electron chi connectivity index (χ2n) is 4.39. The zero-order chi connectivity index (χ0) is 18.3. The van der Waals surface area contributed by atoms with Gasteiger partial charge in [0.15, 0.2) is 17.4 Å². The average Bonchev–Trinajstić information content (AvgIpc) is 2.55. The summed E-state index contributed by atoms with van der Waals surface area (Å²) in [6, 6.07) is 4.55. The van der Waals surface area contributed by atoms with Crippen molar-refractivity contribution in [2.75, 3.05) is 6.61 Å². The van der Waals surface area contributed by atoms with Crippen molar-refractivity contribution < 1.29 is 31.1 Å². The van der Waals surface area contributed by atoms with Crippen LogP contribution in [-0.2, 0) is 0 Å². The first-order valence-electron chi connectivity index (χ1n) is 6.69. The highest BCUT2D eigenvalue weighted by atomic mass is 19.2. The number of hydrogen-bond acceptors (Lipinski definition) is 1. The Morgan fingerprint density at radius 3 is 1.88 bits per heavy atom. The Morgan fingerprint density at radius 1 is 0.917 bits per heavy atom. The molecule has 0 spiro atoms. The van der Waals surface area contributed by atoms with E-state index in [-0.39, 0.29) is 6.61 Å². The van der Waals surface area contributed by atoms with Crippen LogP contribution in [0.1, 0.15) is 18.9 Å². The number of hydrogen-bond donors (Lipinski definition) is 0. The molecule has 2 rings (SSSR count). The number of halogens is 6. The molecule has 0 aliphatic carbocycles. The summed E-state index contributed by atoms with van der Waals surface area (Å²) in [5.41, 5.74) is -0.746. The minimum absolute atomic E-state index is 0.0239. The van der Waals surface area contributed by atoms with Crippen LogP contribution in [-0.4, -0.2) is 6.61 Å². The predicted molar refractivity (Wildman–Crippen MR) is 76.4 cm³/mol. The van der Waals surface area contributed by atoms with Gasteiger partial charge < -0.3 is 4.74 Å². The first-order chi connectivity index (χ1) is 11.3. The van der Waals surface area contributed by atoms with Gasteiger partial charge in [0.05, 0.1) is 6.61 Å². The quantitative estimate of drug-likeness (QED) is 0.330. The fourth-order valence-electron chi connectivity index (χ4n) is 1.54. The third-order valence-corrected chi connectivity index (χ3v) is 2.61. The predicted octanol–water partition coefficient (Wildman–Crippen LogP) is 4.98. The third kappa shape index (κ3) is 4.69. The third-order valence-electron chi connectivity index (χ3n) is 2.61. The van der Waals surface area contributed by atoms with Crippen molar-refractivity contribution in [3.05, 3.63) is 64.7 Å². The van der Waals surface area contributed by atoms with Crippen LogP contribution in [0.2, 0.25) is 0 Å². The lowest BCUT2D eigenvalue weighted by Gasteiger charge is -2.10. The second-order valence-corrected chi connectivity index (χ2v) is 4.39. The fourth-order valence-corrected chi connectivity index (χ4v) is 1.54. The maximum atomic E-state index is 13.2. The zero-order valence-electron chi connectivity index (χ0n) is 12.5. The molecule has 0 saturated carbocycles. The van der Waals surface area contributed by atoms with Gasteiger partial charge in [-0.25, -0.2) is 22.0 Å². The summed E-state index contributed by atoms with van der Waals surface area (Å²) in [6.07, 6.45) is 5.38. The molecule has 7 heteroatoms. The molecule has 0 saturated heterocycles. The van der Waals surface area contributed by atoms with E-state index < -0.39 is 46.2 Å². The Bertz CT molecular complexity index is 734. The van der Waals surface area contributed by atoms with E-state index in [0.717, 1.165) is 6.07 Å². The SMILES string of the molecule is C#Cc1c(F)c(F)c(F)c(F)c1OCCC.Fc1cccc(F)c1. The van der Waals surface area contributed by atoms with E-state index in [2.05, 4.69) is 0 Å². The van der Waals surface area contributed by atoms with Crippen LogP contribution >= 0.6 is 0 Å². The lowest BCUT2D eigenvalue weighted by molar-refractivity contribution is 0.285. The number of terminal acetylenes is 1. The maximum absolute atomic E-state index is 13.2. The minimum Gasteiger partial charge on any atom is -0.489 e. The van der Waals surface area contributed by atoms with Crippen LogP contribution in [0.3, 0.4) is 0 Å². The van der Waals surface area contributed by atoms with Crippen LogP contribution in [0.5, 0.6) is 5.75 Å². The second kappa shape index (κ2) is 8.87. The molecule has 0 atom stereocenters. The molecule has 0 N–H and O–H groups in total. The lowest BCUT2D eigenvalue weighted by atomic mass is 10.1. The van der Waals surface area contributed by atoms with Gasteiger partial charge in [0.2, 0.25) is 11.6 Å². The van der Waals surface area contributed by atoms with Crippen molar-refractivity contribution in [2.24, 2.45) is 0 Å². The molecule has 128 valence electrons. The summed E-state index contributed by atoms with van der Waals surface area (Å²) in [5, 5.41) is 0. The Kier molecular flexibility index (Phi) is 7.18. The molecule has 0 radical (unpaired) electrons. The Hall–Kier alpha value is -2.62. The molecule has 0 aliphatic rings. The van der Waals surface area contributed by atoms with Gasteiger partial charge in [-0.05, 0) is 18.6 Å². The van der Waals surface area contributed by atoms with Crippen molar-refractivity contribution in [1.29, 1.82) is 0 Å². The van der Waals surface area contributed by atoms with Crippen LogP contribution in [0, 0.1) is 47.2 Å². The maximum Gasteiger partial charge on any atom is 0.205 e. The molecule has 0 amide bonds. The average molecular weight is 346 g/mol. The molecule has 2 aromatic carbocycles. The standard InChI is InChI=1S/C11H8F4O.C6H4F2/c1-3-5-16-11-6(4-2)7(12)8(13)9(14)10(11)15;7-5-2-1-3-6(8)4-5/h2H,3,5H2,1H3;1-4H. The molecule has 0 aliphatic heterocycles. The molecule has 0 aromatic heterocycles. The Labute approximate surface area is 134 Å². The van der Waals surface area contributed by atoms with Crippen LogP contribution in [0.15, 0.2) is 24.3 Å². The summed E-state index contributed by atoms with van der Waals surface area (Å²) in [5.74, 6) is -7.20. The van der Waals surface area contributed by atoms with E-state index in [1.54, 1.807) is 12.8 Å².